The van der Waals surface area contributed by atoms with Gasteiger partial charge < -0.3 is 4.74 Å². The van der Waals surface area contributed by atoms with Gasteiger partial charge in [0.15, 0.2) is 5.16 Å². The number of thioether (sulfide) groups is 1. The molecule has 4 nitrogen and oxygen atoms in total. The van der Waals surface area contributed by atoms with Crippen LogP contribution in [-0.2, 0) is 9.53 Å². The zero-order valence-electron chi connectivity index (χ0n) is 15.0. The van der Waals surface area contributed by atoms with Crippen LogP contribution in [0.1, 0.15) is 17.0 Å². The molecule has 0 aliphatic rings. The minimum absolute atomic E-state index is 0.338. The van der Waals surface area contributed by atoms with Crippen molar-refractivity contribution in [3.8, 4) is 0 Å². The van der Waals surface area contributed by atoms with Gasteiger partial charge in [0.25, 0.3) is 0 Å². The molecule has 3 rings (SSSR count). The minimum atomic E-state index is -0.338. The predicted octanol–water partition coefficient (Wildman–Crippen LogP) is 4.60. The summed E-state index contributed by atoms with van der Waals surface area (Å²) in [6, 6.07) is 16.2. The smallest absolute Gasteiger partial charge is 0.334 e. The van der Waals surface area contributed by atoms with Gasteiger partial charge in [-0.15, -0.1) is 0 Å². The lowest BCUT2D eigenvalue weighted by Gasteiger charge is -2.07. The van der Waals surface area contributed by atoms with Gasteiger partial charge in [-0.25, -0.2) is 14.8 Å². The highest BCUT2D eigenvalue weighted by molar-refractivity contribution is 7.99. The molecular formula is C21H20N2O2S. The fourth-order valence-corrected chi connectivity index (χ4v) is 3.59. The lowest BCUT2D eigenvalue weighted by molar-refractivity contribution is -0.135. The van der Waals surface area contributed by atoms with Crippen molar-refractivity contribution in [1.82, 2.24) is 9.97 Å². The first-order chi connectivity index (χ1) is 12.5. The van der Waals surface area contributed by atoms with E-state index < -0.39 is 0 Å². The number of aromatic nitrogens is 2. The molecule has 0 N–H and O–H groups in total. The highest BCUT2D eigenvalue weighted by Gasteiger charge is 2.12. The summed E-state index contributed by atoms with van der Waals surface area (Å²) in [6.07, 6.45) is 1.87. The van der Waals surface area contributed by atoms with Gasteiger partial charge in [-0.3, -0.25) is 0 Å². The van der Waals surface area contributed by atoms with Crippen molar-refractivity contribution in [2.24, 2.45) is 0 Å². The van der Waals surface area contributed by atoms with E-state index in [4.69, 9.17) is 4.74 Å². The fraction of sp³-hybridized carbons (Fsp3) is 0.190. The second-order valence-corrected chi connectivity index (χ2v) is 6.93. The van der Waals surface area contributed by atoms with Crippen LogP contribution in [-0.4, -0.2) is 28.8 Å². The van der Waals surface area contributed by atoms with Crippen molar-refractivity contribution >= 4 is 34.6 Å². The molecule has 0 bridgehead atoms. The molecular weight excluding hydrogens is 344 g/mol. The van der Waals surface area contributed by atoms with Crippen LogP contribution in [0.25, 0.3) is 16.8 Å². The largest absolute Gasteiger partial charge is 0.466 e. The number of benzene rings is 2. The van der Waals surface area contributed by atoms with Crippen LogP contribution in [0.5, 0.6) is 0 Å². The molecule has 132 valence electrons. The predicted molar refractivity (Wildman–Crippen MR) is 106 cm³/mol. The van der Waals surface area contributed by atoms with Crippen molar-refractivity contribution in [1.29, 1.82) is 0 Å². The number of methoxy groups -OCH3 is 1. The van der Waals surface area contributed by atoms with Gasteiger partial charge in [-0.1, -0.05) is 48.2 Å². The first-order valence-electron chi connectivity index (χ1n) is 8.28. The van der Waals surface area contributed by atoms with Gasteiger partial charge in [-0.05, 0) is 48.4 Å². The van der Waals surface area contributed by atoms with Crippen LogP contribution in [0, 0.1) is 13.8 Å². The maximum Gasteiger partial charge on any atom is 0.334 e. The molecule has 26 heavy (non-hydrogen) atoms. The van der Waals surface area contributed by atoms with E-state index in [9.17, 15) is 4.79 Å². The van der Waals surface area contributed by atoms with E-state index in [1.54, 1.807) is 0 Å². The van der Waals surface area contributed by atoms with Gasteiger partial charge in [0, 0.05) is 22.7 Å². The van der Waals surface area contributed by atoms with Crippen LogP contribution in [0.15, 0.2) is 59.3 Å². The van der Waals surface area contributed by atoms with Crippen LogP contribution >= 0.6 is 11.8 Å². The number of nitrogens with zero attached hydrogens (tertiary/aromatic N) is 2. The molecule has 0 aliphatic heterocycles. The molecule has 3 aromatic rings. The Morgan fingerprint density at radius 2 is 1.73 bits per heavy atom. The Hall–Kier alpha value is -2.66. The standard InChI is InChI=1S/C21H20N2O2S/c1-14-10-15(2)23-21(22-14)26-13-19(20(24)25-3)12-16-8-9-17-6-4-5-7-18(17)11-16/h4-12H,13H2,1-3H3/b19-12+. The van der Waals surface area contributed by atoms with Gasteiger partial charge in [0.2, 0.25) is 0 Å². The number of aryl methyl sites for hydroxylation is 2. The third-order valence-electron chi connectivity index (χ3n) is 3.88. The Labute approximate surface area is 157 Å². The Balaban J connectivity index is 1.86. The maximum atomic E-state index is 12.2. The van der Waals surface area contributed by atoms with Gasteiger partial charge in [0.05, 0.1) is 7.11 Å². The number of hydrogen-bond donors (Lipinski definition) is 0. The summed E-state index contributed by atoms with van der Waals surface area (Å²) in [6.45, 7) is 3.87. The second-order valence-electron chi connectivity index (χ2n) is 5.99. The van der Waals surface area contributed by atoms with E-state index in [0.717, 1.165) is 22.3 Å². The quantitative estimate of drug-likeness (QED) is 0.287. The number of carbonyl (C=O) groups is 1. The third-order valence-corrected chi connectivity index (χ3v) is 4.78. The number of rotatable bonds is 5. The van der Waals surface area contributed by atoms with Crippen LogP contribution in [0.4, 0.5) is 0 Å². The molecule has 0 unspecified atom stereocenters. The van der Waals surface area contributed by atoms with E-state index in [-0.39, 0.29) is 5.97 Å². The van der Waals surface area contributed by atoms with Crippen molar-refractivity contribution < 1.29 is 9.53 Å². The average Bonchev–Trinajstić information content (AvgIpc) is 2.63. The maximum absolute atomic E-state index is 12.2. The summed E-state index contributed by atoms with van der Waals surface area (Å²) in [7, 11) is 1.40. The zero-order valence-corrected chi connectivity index (χ0v) is 15.8. The monoisotopic (exact) mass is 364 g/mol. The van der Waals surface area contributed by atoms with E-state index in [2.05, 4.69) is 34.2 Å². The van der Waals surface area contributed by atoms with E-state index in [0.29, 0.717) is 16.5 Å². The molecule has 0 fully saturated rings. The Bertz CT molecular complexity index is 962. The topological polar surface area (TPSA) is 52.1 Å². The molecule has 0 saturated heterocycles. The summed E-state index contributed by atoms with van der Waals surface area (Å²) < 4.78 is 4.95. The third kappa shape index (κ3) is 4.49. The van der Waals surface area contributed by atoms with Crippen molar-refractivity contribution in [3.05, 3.63) is 71.1 Å². The first-order valence-corrected chi connectivity index (χ1v) is 9.26. The Morgan fingerprint density at radius 1 is 1.04 bits per heavy atom. The number of ether oxygens (including phenoxy) is 1. The summed E-state index contributed by atoms with van der Waals surface area (Å²) in [5.41, 5.74) is 3.37. The van der Waals surface area contributed by atoms with Gasteiger partial charge in [0.1, 0.15) is 0 Å². The van der Waals surface area contributed by atoms with Gasteiger partial charge >= 0.3 is 5.97 Å². The Morgan fingerprint density at radius 3 is 2.42 bits per heavy atom. The van der Waals surface area contributed by atoms with Crippen LogP contribution < -0.4 is 0 Å². The lowest BCUT2D eigenvalue weighted by atomic mass is 10.1. The molecule has 0 atom stereocenters. The fourth-order valence-electron chi connectivity index (χ4n) is 2.69. The van der Waals surface area contributed by atoms with Crippen LogP contribution in [0.3, 0.4) is 0 Å². The molecule has 5 heteroatoms. The van der Waals surface area contributed by atoms with Crippen molar-refractivity contribution in [2.45, 2.75) is 19.0 Å². The number of fused-ring (bicyclic) bond motifs is 1. The molecule has 2 aromatic carbocycles. The van der Waals surface area contributed by atoms with Gasteiger partial charge in [-0.2, -0.15) is 0 Å². The number of hydrogen-bond acceptors (Lipinski definition) is 5. The zero-order chi connectivity index (χ0) is 18.5. The van der Waals surface area contributed by atoms with Crippen LogP contribution in [0.2, 0.25) is 0 Å². The summed E-state index contributed by atoms with van der Waals surface area (Å²) >= 11 is 1.43. The SMILES string of the molecule is COC(=O)/C(=C/c1ccc2ccccc2c1)CSc1nc(C)cc(C)n1. The number of esters is 1. The van der Waals surface area contributed by atoms with Crippen molar-refractivity contribution in [2.75, 3.05) is 12.9 Å². The lowest BCUT2D eigenvalue weighted by Crippen LogP contribution is -2.07. The molecule has 0 radical (unpaired) electrons. The first kappa shape index (κ1) is 18.1. The normalized spacial score (nSPS) is 11.6. The summed E-state index contributed by atoms with van der Waals surface area (Å²) in [4.78, 5) is 21.0. The number of carbonyl (C=O) groups excluding carboxylic acids is 1. The molecule has 1 aromatic heterocycles. The molecule has 1 heterocycles. The van der Waals surface area contributed by atoms with E-state index >= 15 is 0 Å². The van der Waals surface area contributed by atoms with E-state index in [1.807, 2.05) is 44.2 Å². The molecule has 0 saturated carbocycles. The average molecular weight is 364 g/mol. The highest BCUT2D eigenvalue weighted by Crippen LogP contribution is 2.22. The summed E-state index contributed by atoms with van der Waals surface area (Å²) in [5, 5.41) is 2.97. The van der Waals surface area contributed by atoms with Crippen molar-refractivity contribution in [3.63, 3.8) is 0 Å². The molecule has 0 spiro atoms. The summed E-state index contributed by atoms with van der Waals surface area (Å²) in [5.74, 6) is 0.109. The second kappa shape index (κ2) is 8.15. The molecule has 0 aliphatic carbocycles. The Kier molecular flexibility index (Phi) is 5.68. The van der Waals surface area contributed by atoms with E-state index in [1.165, 1.54) is 24.3 Å². The molecule has 0 amide bonds. The highest BCUT2D eigenvalue weighted by atomic mass is 32.2. The minimum Gasteiger partial charge on any atom is -0.466 e.